The highest BCUT2D eigenvalue weighted by molar-refractivity contribution is 5.94. The minimum Gasteiger partial charge on any atom is -0.490 e. The first-order valence-electron chi connectivity index (χ1n) is 7.29. The van der Waals surface area contributed by atoms with Gasteiger partial charge >= 0.3 is 5.97 Å². The first kappa shape index (κ1) is 16.9. The summed E-state index contributed by atoms with van der Waals surface area (Å²) in [6.45, 7) is 4.00. The van der Waals surface area contributed by atoms with E-state index in [0.29, 0.717) is 6.61 Å². The quantitative estimate of drug-likeness (QED) is 0.625. The number of aromatic amines is 1. The standard InChI is InChI=1S/C15H17F2N3O3/c1-3-5-8-23-10-7-6-9(16)11(12(10)17)13-14(19-20-18-13)15(21)22-4-2/h6-7H,3-5,8H2,1-2H3,(H,18,19,20). The monoisotopic (exact) mass is 325 g/mol. The molecule has 0 bridgehead atoms. The summed E-state index contributed by atoms with van der Waals surface area (Å²) in [5.41, 5.74) is -1.01. The van der Waals surface area contributed by atoms with E-state index in [0.717, 1.165) is 18.9 Å². The van der Waals surface area contributed by atoms with Gasteiger partial charge in [0, 0.05) is 0 Å². The lowest BCUT2D eigenvalue weighted by Crippen LogP contribution is -2.08. The Morgan fingerprint density at radius 1 is 1.26 bits per heavy atom. The van der Waals surface area contributed by atoms with Gasteiger partial charge < -0.3 is 9.47 Å². The molecule has 0 fully saturated rings. The Morgan fingerprint density at radius 2 is 2.04 bits per heavy atom. The summed E-state index contributed by atoms with van der Waals surface area (Å²) in [7, 11) is 0. The number of rotatable bonds is 7. The minimum atomic E-state index is -0.930. The molecule has 0 atom stereocenters. The SMILES string of the molecule is CCCCOc1ccc(F)c(-c2n[nH]nc2C(=O)OCC)c1F. The number of unbranched alkanes of at least 4 members (excludes halogenated alkanes) is 1. The van der Waals surface area contributed by atoms with Crippen LogP contribution in [-0.4, -0.2) is 34.6 Å². The maximum absolute atomic E-state index is 14.6. The minimum absolute atomic E-state index is 0.104. The lowest BCUT2D eigenvalue weighted by Gasteiger charge is -2.10. The second-order valence-corrected chi connectivity index (χ2v) is 4.68. The summed E-state index contributed by atoms with van der Waals surface area (Å²) in [6, 6.07) is 2.26. The molecule has 0 aliphatic carbocycles. The van der Waals surface area contributed by atoms with Crippen molar-refractivity contribution in [3.05, 3.63) is 29.5 Å². The molecule has 0 spiro atoms. The summed E-state index contributed by atoms with van der Waals surface area (Å²) in [6.07, 6.45) is 1.62. The second kappa shape index (κ2) is 7.66. The van der Waals surface area contributed by atoms with E-state index >= 15 is 0 Å². The largest absolute Gasteiger partial charge is 0.490 e. The number of ether oxygens (including phenoxy) is 2. The Bertz CT molecular complexity index is 689. The van der Waals surface area contributed by atoms with E-state index in [4.69, 9.17) is 9.47 Å². The van der Waals surface area contributed by atoms with Gasteiger partial charge in [0.2, 0.25) is 0 Å². The van der Waals surface area contributed by atoms with Crippen molar-refractivity contribution >= 4 is 5.97 Å². The van der Waals surface area contributed by atoms with E-state index in [1.54, 1.807) is 6.92 Å². The van der Waals surface area contributed by atoms with Crippen molar-refractivity contribution in [2.45, 2.75) is 26.7 Å². The number of H-pyrrole nitrogens is 1. The number of nitrogens with one attached hydrogen (secondary N) is 1. The van der Waals surface area contributed by atoms with Crippen LogP contribution >= 0.6 is 0 Å². The number of nitrogens with zero attached hydrogens (tertiary/aromatic N) is 2. The summed E-state index contributed by atoms with van der Waals surface area (Å²) >= 11 is 0. The molecule has 0 unspecified atom stereocenters. The molecule has 0 saturated carbocycles. The van der Waals surface area contributed by atoms with Gasteiger partial charge in [-0.2, -0.15) is 10.3 Å². The number of benzene rings is 1. The third-order valence-corrected chi connectivity index (χ3v) is 3.06. The Morgan fingerprint density at radius 3 is 2.74 bits per heavy atom. The topological polar surface area (TPSA) is 77.1 Å². The van der Waals surface area contributed by atoms with Crippen molar-refractivity contribution < 1.29 is 23.0 Å². The Labute approximate surface area is 131 Å². The van der Waals surface area contributed by atoms with Crippen molar-refractivity contribution in [2.24, 2.45) is 0 Å². The lowest BCUT2D eigenvalue weighted by molar-refractivity contribution is 0.0520. The van der Waals surface area contributed by atoms with Crippen LogP contribution in [0.3, 0.4) is 0 Å². The molecular weight excluding hydrogens is 308 g/mol. The van der Waals surface area contributed by atoms with Crippen molar-refractivity contribution in [1.82, 2.24) is 15.4 Å². The van der Waals surface area contributed by atoms with Crippen LogP contribution in [0.4, 0.5) is 8.78 Å². The zero-order valence-electron chi connectivity index (χ0n) is 12.9. The number of carbonyl (C=O) groups is 1. The molecule has 1 heterocycles. The fourth-order valence-corrected chi connectivity index (χ4v) is 1.94. The average Bonchev–Trinajstić information content (AvgIpc) is 2.99. The highest BCUT2D eigenvalue weighted by atomic mass is 19.1. The van der Waals surface area contributed by atoms with Crippen LogP contribution in [0.2, 0.25) is 0 Å². The third kappa shape index (κ3) is 3.64. The zero-order valence-corrected chi connectivity index (χ0v) is 12.9. The Kier molecular flexibility index (Phi) is 5.61. The van der Waals surface area contributed by atoms with Crippen LogP contribution in [0.1, 0.15) is 37.2 Å². The average molecular weight is 325 g/mol. The van der Waals surface area contributed by atoms with Gasteiger partial charge in [-0.25, -0.2) is 13.6 Å². The Hall–Kier alpha value is -2.51. The Balaban J connectivity index is 2.41. The molecule has 1 aromatic carbocycles. The highest BCUT2D eigenvalue weighted by Gasteiger charge is 2.26. The van der Waals surface area contributed by atoms with E-state index < -0.39 is 23.2 Å². The van der Waals surface area contributed by atoms with E-state index in [1.807, 2.05) is 6.92 Å². The first-order chi connectivity index (χ1) is 11.1. The molecule has 1 aromatic heterocycles. The molecule has 2 aromatic rings. The fourth-order valence-electron chi connectivity index (χ4n) is 1.94. The van der Waals surface area contributed by atoms with Crippen molar-refractivity contribution in [1.29, 1.82) is 0 Å². The van der Waals surface area contributed by atoms with Crippen LogP contribution in [0.25, 0.3) is 11.3 Å². The molecule has 0 saturated heterocycles. The zero-order chi connectivity index (χ0) is 16.8. The number of aromatic nitrogens is 3. The molecule has 6 nitrogen and oxygen atoms in total. The van der Waals surface area contributed by atoms with Gasteiger partial charge in [-0.3, -0.25) is 0 Å². The molecule has 0 amide bonds. The molecule has 23 heavy (non-hydrogen) atoms. The van der Waals surface area contributed by atoms with E-state index in [-0.39, 0.29) is 23.7 Å². The first-order valence-corrected chi connectivity index (χ1v) is 7.29. The third-order valence-electron chi connectivity index (χ3n) is 3.06. The molecule has 1 N–H and O–H groups in total. The summed E-state index contributed by atoms with van der Waals surface area (Å²) in [4.78, 5) is 11.8. The molecule has 2 rings (SSSR count). The van der Waals surface area contributed by atoms with Crippen LogP contribution in [0.15, 0.2) is 12.1 Å². The van der Waals surface area contributed by atoms with Crippen LogP contribution in [0.5, 0.6) is 5.75 Å². The second-order valence-electron chi connectivity index (χ2n) is 4.68. The van der Waals surface area contributed by atoms with Gasteiger partial charge in [-0.05, 0) is 25.5 Å². The van der Waals surface area contributed by atoms with Crippen molar-refractivity contribution in [3.8, 4) is 17.0 Å². The van der Waals surface area contributed by atoms with Crippen LogP contribution in [0, 0.1) is 11.6 Å². The molecule has 0 aliphatic rings. The van der Waals surface area contributed by atoms with Gasteiger partial charge in [-0.15, -0.1) is 5.10 Å². The normalized spacial score (nSPS) is 10.6. The van der Waals surface area contributed by atoms with E-state index in [1.165, 1.54) is 6.07 Å². The van der Waals surface area contributed by atoms with Gasteiger partial charge in [0.05, 0.1) is 18.8 Å². The number of carbonyl (C=O) groups excluding carboxylic acids is 1. The molecule has 8 heteroatoms. The predicted octanol–water partition coefficient (Wildman–Crippen LogP) is 3.11. The number of hydrogen-bond donors (Lipinski definition) is 1. The molecule has 0 radical (unpaired) electrons. The molecule has 124 valence electrons. The molecule has 0 aliphatic heterocycles. The maximum Gasteiger partial charge on any atom is 0.361 e. The van der Waals surface area contributed by atoms with Crippen LogP contribution in [-0.2, 0) is 4.74 Å². The van der Waals surface area contributed by atoms with Gasteiger partial charge in [0.25, 0.3) is 0 Å². The van der Waals surface area contributed by atoms with E-state index in [2.05, 4.69) is 15.4 Å². The summed E-state index contributed by atoms with van der Waals surface area (Å²) in [5.74, 6) is -2.72. The van der Waals surface area contributed by atoms with Gasteiger partial charge in [0.1, 0.15) is 11.5 Å². The van der Waals surface area contributed by atoms with Gasteiger partial charge in [-0.1, -0.05) is 13.3 Å². The van der Waals surface area contributed by atoms with Crippen molar-refractivity contribution in [2.75, 3.05) is 13.2 Å². The number of halogens is 2. The number of hydrogen-bond acceptors (Lipinski definition) is 5. The smallest absolute Gasteiger partial charge is 0.361 e. The summed E-state index contributed by atoms with van der Waals surface area (Å²) < 4.78 is 38.7. The van der Waals surface area contributed by atoms with E-state index in [9.17, 15) is 13.6 Å². The molecular formula is C15H17F2N3O3. The summed E-state index contributed by atoms with van der Waals surface area (Å²) in [5, 5.41) is 9.48. The number of esters is 1. The highest BCUT2D eigenvalue weighted by Crippen LogP contribution is 2.32. The van der Waals surface area contributed by atoms with Crippen LogP contribution < -0.4 is 4.74 Å². The van der Waals surface area contributed by atoms with Crippen molar-refractivity contribution in [3.63, 3.8) is 0 Å². The van der Waals surface area contributed by atoms with Gasteiger partial charge in [0.15, 0.2) is 17.3 Å². The predicted molar refractivity (Wildman–Crippen MR) is 78.1 cm³/mol. The fraction of sp³-hybridized carbons (Fsp3) is 0.400. The lowest BCUT2D eigenvalue weighted by atomic mass is 10.1. The maximum atomic E-state index is 14.6.